The van der Waals surface area contributed by atoms with Gasteiger partial charge in [0, 0.05) is 30.7 Å². The molecule has 1 unspecified atom stereocenters. The normalized spacial score (nSPS) is 19.4. The van der Waals surface area contributed by atoms with Gasteiger partial charge in [-0.1, -0.05) is 29.8 Å². The largest absolute Gasteiger partial charge is 0.487 e. The maximum atomic E-state index is 10.4. The van der Waals surface area contributed by atoms with Crippen molar-refractivity contribution in [1.29, 1.82) is 0 Å². The Morgan fingerprint density at radius 3 is 2.65 bits per heavy atom. The van der Waals surface area contributed by atoms with Crippen LogP contribution in [0.1, 0.15) is 18.6 Å². The lowest BCUT2D eigenvalue weighted by atomic mass is 10.1. The molecule has 6 heteroatoms. The highest BCUT2D eigenvalue weighted by Crippen LogP contribution is 2.37. The van der Waals surface area contributed by atoms with Gasteiger partial charge in [0.15, 0.2) is 5.75 Å². The summed E-state index contributed by atoms with van der Waals surface area (Å²) in [6, 6.07) is 13.7. The Balaban J connectivity index is 1.74. The van der Waals surface area contributed by atoms with Crippen LogP contribution in [0, 0.1) is 0 Å². The second-order valence-corrected chi connectivity index (χ2v) is 8.03. The third kappa shape index (κ3) is 4.52. The molecule has 1 fully saturated rings. The Morgan fingerprint density at radius 1 is 1.23 bits per heavy atom. The first-order valence-corrected chi connectivity index (χ1v) is 9.93. The minimum atomic E-state index is -0.710. The first kappa shape index (κ1) is 19.5. The van der Waals surface area contributed by atoms with Gasteiger partial charge in [-0.3, -0.25) is 0 Å². The summed E-state index contributed by atoms with van der Waals surface area (Å²) in [4.78, 5) is 4.71. The number of likely N-dealkylation sites (N-methyl/N-ethyl adjacent to an activating group) is 1. The van der Waals surface area contributed by atoms with E-state index in [-0.39, 0.29) is 6.61 Å². The van der Waals surface area contributed by atoms with Crippen LogP contribution in [0.3, 0.4) is 0 Å². The predicted octanol–water partition coefficient (Wildman–Crippen LogP) is 4.36. The maximum absolute atomic E-state index is 10.4. The maximum Gasteiger partial charge on any atom is 0.156 e. The highest BCUT2D eigenvalue weighted by molar-refractivity contribution is 9.10. The number of para-hydroxylation sites is 1. The van der Waals surface area contributed by atoms with Crippen LogP contribution >= 0.6 is 27.5 Å². The smallest absolute Gasteiger partial charge is 0.156 e. The van der Waals surface area contributed by atoms with Crippen molar-refractivity contribution < 1.29 is 9.84 Å². The number of aliphatic hydroxyl groups excluding tert-OH is 1. The van der Waals surface area contributed by atoms with Crippen LogP contribution in [-0.4, -0.2) is 49.3 Å². The molecule has 2 aromatic carbocycles. The average molecular weight is 440 g/mol. The van der Waals surface area contributed by atoms with Crippen molar-refractivity contribution in [3.05, 3.63) is 57.5 Å². The Kier molecular flexibility index (Phi) is 6.46. The Hall–Kier alpha value is -1.27. The molecule has 4 nitrogen and oxygen atoms in total. The van der Waals surface area contributed by atoms with E-state index in [1.807, 2.05) is 24.3 Å². The third-order valence-corrected chi connectivity index (χ3v) is 5.76. The summed E-state index contributed by atoms with van der Waals surface area (Å²) in [6.45, 7) is 5.33. The number of ether oxygens (including phenoxy) is 1. The van der Waals surface area contributed by atoms with E-state index in [2.05, 4.69) is 45.8 Å². The number of benzene rings is 2. The van der Waals surface area contributed by atoms with E-state index in [1.165, 1.54) is 0 Å². The van der Waals surface area contributed by atoms with Crippen molar-refractivity contribution in [3.63, 3.8) is 0 Å². The molecular weight excluding hydrogens is 416 g/mol. The summed E-state index contributed by atoms with van der Waals surface area (Å²) in [7, 11) is 2.16. The summed E-state index contributed by atoms with van der Waals surface area (Å²) in [5, 5.41) is 11.1. The molecule has 1 heterocycles. The fourth-order valence-electron chi connectivity index (χ4n) is 3.10. The van der Waals surface area contributed by atoms with Gasteiger partial charge in [0.2, 0.25) is 0 Å². The molecule has 1 aliphatic heterocycles. The molecule has 0 radical (unpaired) electrons. The monoisotopic (exact) mass is 438 g/mol. The fourth-order valence-corrected chi connectivity index (χ4v) is 3.70. The molecule has 0 amide bonds. The Bertz CT molecular complexity index is 741. The number of nitrogens with zero attached hydrogens (tertiary/aromatic N) is 2. The minimum Gasteiger partial charge on any atom is -0.487 e. The summed E-state index contributed by atoms with van der Waals surface area (Å²) >= 11 is 9.51. The topological polar surface area (TPSA) is 35.9 Å². The number of anilines is 1. The van der Waals surface area contributed by atoms with E-state index >= 15 is 0 Å². The summed E-state index contributed by atoms with van der Waals surface area (Å²) in [5.74, 6) is 0.775. The third-order valence-electron chi connectivity index (χ3n) is 4.89. The second-order valence-electron chi connectivity index (χ2n) is 6.74. The van der Waals surface area contributed by atoms with Crippen LogP contribution in [0.25, 0.3) is 0 Å². The minimum absolute atomic E-state index is 0.181. The fraction of sp³-hybridized carbons (Fsp3) is 0.400. The zero-order valence-corrected chi connectivity index (χ0v) is 17.4. The second kappa shape index (κ2) is 8.61. The van der Waals surface area contributed by atoms with Crippen molar-refractivity contribution in [3.8, 4) is 5.75 Å². The molecular formula is C20H24BrClN2O2. The lowest BCUT2D eigenvalue weighted by molar-refractivity contribution is 0.108. The molecule has 3 rings (SSSR count). The lowest BCUT2D eigenvalue weighted by Crippen LogP contribution is -2.50. The van der Waals surface area contributed by atoms with Crippen molar-refractivity contribution in [2.45, 2.75) is 19.1 Å². The molecule has 0 spiro atoms. The summed E-state index contributed by atoms with van der Waals surface area (Å²) in [5.41, 5.74) is 1.85. The number of halogens is 2. The van der Waals surface area contributed by atoms with E-state index < -0.39 is 6.10 Å². The van der Waals surface area contributed by atoms with E-state index in [0.717, 1.165) is 41.1 Å². The molecule has 1 aliphatic rings. The van der Waals surface area contributed by atoms with Gasteiger partial charge >= 0.3 is 0 Å². The quantitative estimate of drug-likeness (QED) is 0.751. The van der Waals surface area contributed by atoms with E-state index in [9.17, 15) is 5.11 Å². The molecule has 1 saturated heterocycles. The molecule has 0 saturated carbocycles. The van der Waals surface area contributed by atoms with Crippen LogP contribution in [0.15, 0.2) is 46.9 Å². The Morgan fingerprint density at radius 2 is 1.96 bits per heavy atom. The zero-order valence-electron chi connectivity index (χ0n) is 15.0. The van der Waals surface area contributed by atoms with E-state index in [0.29, 0.717) is 11.1 Å². The molecule has 2 atom stereocenters. The van der Waals surface area contributed by atoms with E-state index in [4.69, 9.17) is 16.3 Å². The molecule has 0 aromatic heterocycles. The average Bonchev–Trinajstić information content (AvgIpc) is 2.63. The molecule has 26 heavy (non-hydrogen) atoms. The predicted molar refractivity (Wildman–Crippen MR) is 110 cm³/mol. The van der Waals surface area contributed by atoms with Gasteiger partial charge in [-0.05, 0) is 59.7 Å². The summed E-state index contributed by atoms with van der Waals surface area (Å²) < 4.78 is 6.94. The van der Waals surface area contributed by atoms with Gasteiger partial charge in [-0.15, -0.1) is 0 Å². The van der Waals surface area contributed by atoms with Crippen molar-refractivity contribution in [1.82, 2.24) is 4.90 Å². The van der Waals surface area contributed by atoms with Gasteiger partial charge in [0.05, 0.1) is 10.2 Å². The number of hydrogen-bond acceptors (Lipinski definition) is 4. The van der Waals surface area contributed by atoms with Gasteiger partial charge < -0.3 is 19.6 Å². The van der Waals surface area contributed by atoms with Crippen molar-refractivity contribution in [2.75, 3.05) is 38.2 Å². The zero-order chi connectivity index (χ0) is 18.7. The van der Waals surface area contributed by atoms with Crippen LogP contribution in [-0.2, 0) is 0 Å². The molecule has 0 aliphatic carbocycles. The standard InChI is InChI=1S/C20H24BrClN2O2/c1-14-12-24(11-10-23(14)2)18-5-3-4-17(21)20(18)26-13-19(25)15-6-8-16(22)9-7-15/h3-9,14,19,25H,10-13H2,1-2H3/t14-,19?/m0/s1. The van der Waals surface area contributed by atoms with Crippen molar-refractivity contribution >= 4 is 33.2 Å². The number of hydrogen-bond donors (Lipinski definition) is 1. The van der Waals surface area contributed by atoms with Gasteiger partial charge in [-0.25, -0.2) is 0 Å². The van der Waals surface area contributed by atoms with Crippen LogP contribution in [0.4, 0.5) is 5.69 Å². The lowest BCUT2D eigenvalue weighted by Gasteiger charge is -2.39. The molecule has 2 aromatic rings. The van der Waals surface area contributed by atoms with Crippen LogP contribution in [0.2, 0.25) is 5.02 Å². The Labute approximate surface area is 168 Å². The van der Waals surface area contributed by atoms with Crippen LogP contribution < -0.4 is 9.64 Å². The van der Waals surface area contributed by atoms with E-state index in [1.54, 1.807) is 12.1 Å². The highest BCUT2D eigenvalue weighted by Gasteiger charge is 2.24. The van der Waals surface area contributed by atoms with Gasteiger partial charge in [-0.2, -0.15) is 0 Å². The molecule has 140 valence electrons. The van der Waals surface area contributed by atoms with Gasteiger partial charge in [0.25, 0.3) is 0 Å². The number of aliphatic hydroxyl groups is 1. The van der Waals surface area contributed by atoms with Crippen molar-refractivity contribution in [2.24, 2.45) is 0 Å². The first-order chi connectivity index (χ1) is 12.5. The first-order valence-electron chi connectivity index (χ1n) is 8.75. The van der Waals surface area contributed by atoms with Crippen LogP contribution in [0.5, 0.6) is 5.75 Å². The molecule has 0 bridgehead atoms. The number of piperazine rings is 1. The highest BCUT2D eigenvalue weighted by atomic mass is 79.9. The SMILES string of the molecule is C[C@H]1CN(c2cccc(Br)c2OCC(O)c2ccc(Cl)cc2)CCN1C. The summed E-state index contributed by atoms with van der Waals surface area (Å²) in [6.07, 6.45) is -0.710. The number of rotatable bonds is 5. The van der Waals surface area contributed by atoms with Gasteiger partial charge in [0.1, 0.15) is 12.7 Å². The molecule has 1 N–H and O–H groups in total.